The van der Waals surface area contributed by atoms with E-state index in [-0.39, 0.29) is 0 Å². The van der Waals surface area contributed by atoms with Crippen molar-refractivity contribution in [2.75, 3.05) is 6.67 Å². The Balaban J connectivity index is 5.52. The van der Waals surface area contributed by atoms with Crippen molar-refractivity contribution in [3.63, 3.8) is 0 Å². The Kier molecular flexibility index (Phi) is 3.78. The normalized spacial score (nSPS) is 18.1. The van der Waals surface area contributed by atoms with E-state index in [1.807, 2.05) is 0 Å². The molecule has 15 heavy (non-hydrogen) atoms. The van der Waals surface area contributed by atoms with Gasteiger partial charge in [-0.2, -0.15) is 13.2 Å². The summed E-state index contributed by atoms with van der Waals surface area (Å²) >= 11 is 0. The van der Waals surface area contributed by atoms with E-state index in [1.165, 1.54) is 0 Å². The van der Waals surface area contributed by atoms with Gasteiger partial charge in [-0.15, -0.1) is 0 Å². The molecule has 0 aromatic rings. The fraction of sp³-hybridized carbons (Fsp3) is 0.571. The van der Waals surface area contributed by atoms with E-state index in [1.54, 1.807) is 0 Å². The van der Waals surface area contributed by atoms with Crippen molar-refractivity contribution < 1.29 is 36.2 Å². The molecule has 0 aromatic heterocycles. The second-order valence-corrected chi connectivity index (χ2v) is 2.68. The van der Waals surface area contributed by atoms with Crippen LogP contribution in [0.2, 0.25) is 0 Å². The number of rotatable bonds is 3. The van der Waals surface area contributed by atoms with Crippen molar-refractivity contribution in [1.82, 2.24) is 0 Å². The predicted octanol–water partition coefficient (Wildman–Crippen LogP) is 2.55. The Bertz CT molecular complexity index is 294. The van der Waals surface area contributed by atoms with Gasteiger partial charge in [0.15, 0.2) is 5.83 Å². The average Bonchev–Trinajstić information content (AvgIpc) is 2.12. The molecule has 0 heterocycles. The Morgan fingerprint density at radius 3 is 1.87 bits per heavy atom. The van der Waals surface area contributed by atoms with Crippen LogP contribution in [0.4, 0.5) is 26.3 Å². The number of hydrogen-bond donors (Lipinski definition) is 1. The summed E-state index contributed by atoms with van der Waals surface area (Å²) in [6.45, 7) is -2.31. The van der Waals surface area contributed by atoms with Gasteiger partial charge < -0.3 is 5.11 Å². The lowest BCUT2D eigenvalue weighted by molar-refractivity contribution is -0.226. The first-order valence-corrected chi connectivity index (χ1v) is 3.49. The maximum Gasteiger partial charge on any atom is 0.431 e. The van der Waals surface area contributed by atoms with E-state index in [2.05, 4.69) is 0 Å². The van der Waals surface area contributed by atoms with Crippen molar-refractivity contribution in [3.05, 3.63) is 11.4 Å². The SMILES string of the molecule is C/C(C(=O)O)=C(/F)[C@@](F)(CF)C(F)(F)F. The molecule has 1 N–H and O–H groups in total. The summed E-state index contributed by atoms with van der Waals surface area (Å²) in [5, 5.41) is 8.12. The number of carbonyl (C=O) groups is 1. The second-order valence-electron chi connectivity index (χ2n) is 2.68. The summed E-state index contributed by atoms with van der Waals surface area (Å²) in [5.41, 5.74) is -6.41. The Morgan fingerprint density at radius 1 is 1.27 bits per heavy atom. The van der Waals surface area contributed by atoms with Gasteiger partial charge in [-0.25, -0.2) is 18.0 Å². The van der Waals surface area contributed by atoms with Gasteiger partial charge in [-0.05, 0) is 6.92 Å². The maximum absolute atomic E-state index is 12.8. The first-order valence-electron chi connectivity index (χ1n) is 3.49. The van der Waals surface area contributed by atoms with Crippen LogP contribution in [-0.2, 0) is 4.79 Å². The lowest BCUT2D eigenvalue weighted by atomic mass is 10.0. The van der Waals surface area contributed by atoms with Gasteiger partial charge in [0.2, 0.25) is 0 Å². The van der Waals surface area contributed by atoms with Crippen molar-refractivity contribution in [2.45, 2.75) is 18.8 Å². The summed E-state index contributed by atoms with van der Waals surface area (Å²) in [6.07, 6.45) is -5.84. The van der Waals surface area contributed by atoms with E-state index < -0.39 is 35.9 Å². The third kappa shape index (κ3) is 2.42. The summed E-state index contributed by atoms with van der Waals surface area (Å²) in [5.74, 6) is -4.77. The highest BCUT2D eigenvalue weighted by Gasteiger charge is 2.61. The van der Waals surface area contributed by atoms with Crippen LogP contribution in [0.3, 0.4) is 0 Å². The zero-order valence-corrected chi connectivity index (χ0v) is 7.33. The highest BCUT2D eigenvalue weighted by atomic mass is 19.4. The summed E-state index contributed by atoms with van der Waals surface area (Å²) < 4.78 is 73.1. The molecule has 0 amide bonds. The molecule has 8 heteroatoms. The molecule has 0 unspecified atom stereocenters. The lowest BCUT2D eigenvalue weighted by Crippen LogP contribution is -2.44. The summed E-state index contributed by atoms with van der Waals surface area (Å²) in [4.78, 5) is 10.1. The van der Waals surface area contributed by atoms with Gasteiger partial charge in [0.1, 0.15) is 6.67 Å². The topological polar surface area (TPSA) is 37.3 Å². The minimum Gasteiger partial charge on any atom is -0.478 e. The van der Waals surface area contributed by atoms with Crippen LogP contribution in [0.5, 0.6) is 0 Å². The smallest absolute Gasteiger partial charge is 0.431 e. The maximum atomic E-state index is 12.8. The van der Waals surface area contributed by atoms with Gasteiger partial charge in [0.25, 0.3) is 5.67 Å². The molecule has 0 saturated carbocycles. The van der Waals surface area contributed by atoms with Crippen molar-refractivity contribution >= 4 is 5.97 Å². The van der Waals surface area contributed by atoms with Gasteiger partial charge >= 0.3 is 12.1 Å². The monoisotopic (exact) mass is 236 g/mol. The minimum atomic E-state index is -5.84. The molecular formula is C7H6F6O2. The van der Waals surface area contributed by atoms with E-state index >= 15 is 0 Å². The number of carboxylic acid groups (broad SMARTS) is 1. The molecule has 0 saturated heterocycles. The highest BCUT2D eigenvalue weighted by molar-refractivity contribution is 5.86. The molecular weight excluding hydrogens is 230 g/mol. The number of aliphatic carboxylic acids is 1. The van der Waals surface area contributed by atoms with Gasteiger partial charge in [0.05, 0.1) is 5.57 Å². The molecule has 0 radical (unpaired) electrons. The largest absolute Gasteiger partial charge is 0.478 e. The molecule has 0 fully saturated rings. The predicted molar refractivity (Wildman–Crippen MR) is 37.3 cm³/mol. The van der Waals surface area contributed by atoms with Gasteiger partial charge in [-0.1, -0.05) is 0 Å². The molecule has 2 nitrogen and oxygen atoms in total. The molecule has 1 atom stereocenters. The second kappa shape index (κ2) is 4.11. The molecule has 0 bridgehead atoms. The highest BCUT2D eigenvalue weighted by Crippen LogP contribution is 2.41. The standard InChI is InChI=1S/C7H6F6O2/c1-3(5(14)15)4(9)6(10,2-8)7(11,12)13/h2H2,1H3,(H,14,15)/b4-3-/t6-/m0/s1. The van der Waals surface area contributed by atoms with Crippen molar-refractivity contribution in [3.8, 4) is 0 Å². The lowest BCUT2D eigenvalue weighted by Gasteiger charge is -2.23. The van der Waals surface area contributed by atoms with Crippen LogP contribution in [-0.4, -0.2) is 29.6 Å². The van der Waals surface area contributed by atoms with Gasteiger partial charge in [-0.3, -0.25) is 0 Å². The number of carboxylic acids is 1. The quantitative estimate of drug-likeness (QED) is 0.604. The molecule has 0 aromatic carbocycles. The molecule has 0 aliphatic heterocycles. The van der Waals surface area contributed by atoms with Crippen LogP contribution in [0.1, 0.15) is 6.92 Å². The third-order valence-electron chi connectivity index (χ3n) is 1.63. The number of hydrogen-bond acceptors (Lipinski definition) is 1. The average molecular weight is 236 g/mol. The van der Waals surface area contributed by atoms with Crippen LogP contribution >= 0.6 is 0 Å². The van der Waals surface area contributed by atoms with E-state index in [4.69, 9.17) is 5.11 Å². The minimum absolute atomic E-state index is 0.410. The van der Waals surface area contributed by atoms with Crippen LogP contribution in [0.15, 0.2) is 11.4 Å². The fourth-order valence-corrected chi connectivity index (χ4v) is 0.650. The molecule has 0 aliphatic carbocycles. The Labute approximate surface area is 80.2 Å². The number of alkyl halides is 5. The van der Waals surface area contributed by atoms with E-state index in [9.17, 15) is 31.1 Å². The first kappa shape index (κ1) is 13.8. The molecule has 0 rings (SSSR count). The van der Waals surface area contributed by atoms with Crippen LogP contribution in [0.25, 0.3) is 0 Å². The van der Waals surface area contributed by atoms with Crippen molar-refractivity contribution in [2.24, 2.45) is 0 Å². The molecule has 0 aliphatic rings. The Hall–Kier alpha value is -1.21. The summed E-state index contributed by atoms with van der Waals surface area (Å²) in [7, 11) is 0. The summed E-state index contributed by atoms with van der Waals surface area (Å²) in [6, 6.07) is 0. The van der Waals surface area contributed by atoms with Crippen LogP contribution < -0.4 is 0 Å². The van der Waals surface area contributed by atoms with Crippen LogP contribution in [0, 0.1) is 0 Å². The first-order chi connectivity index (χ1) is 6.58. The zero-order chi connectivity index (χ0) is 12.4. The third-order valence-corrected chi connectivity index (χ3v) is 1.63. The molecule has 88 valence electrons. The zero-order valence-electron chi connectivity index (χ0n) is 7.33. The van der Waals surface area contributed by atoms with Crippen molar-refractivity contribution in [1.29, 1.82) is 0 Å². The Morgan fingerprint density at radius 2 is 1.67 bits per heavy atom. The van der Waals surface area contributed by atoms with E-state index in [0.29, 0.717) is 6.92 Å². The van der Waals surface area contributed by atoms with Gasteiger partial charge in [0, 0.05) is 0 Å². The number of allylic oxidation sites excluding steroid dienone is 1. The molecule has 0 spiro atoms. The fourth-order valence-electron chi connectivity index (χ4n) is 0.650. The van der Waals surface area contributed by atoms with E-state index in [0.717, 1.165) is 0 Å². The number of halogens is 6.